The molecule has 1 saturated carbocycles. The summed E-state index contributed by atoms with van der Waals surface area (Å²) in [6.45, 7) is 12.5. The number of nitrogens with zero attached hydrogens (tertiary/aromatic N) is 1. The number of unbranched alkanes of at least 4 members (excludes halogenated alkanes) is 1. The number of hydrogen-bond donors (Lipinski definition) is 2. The molecule has 120 valence electrons. The molecule has 1 aliphatic carbocycles. The Labute approximate surface area is 126 Å². The minimum atomic E-state index is 0.289. The van der Waals surface area contributed by atoms with Gasteiger partial charge in [-0.25, -0.2) is 0 Å². The summed E-state index contributed by atoms with van der Waals surface area (Å²) in [7, 11) is 0. The fraction of sp³-hybridized carbons (Fsp3) is 1.00. The normalized spacial score (nSPS) is 27.1. The highest BCUT2D eigenvalue weighted by atomic mass is 16.3. The van der Waals surface area contributed by atoms with Crippen molar-refractivity contribution in [1.29, 1.82) is 0 Å². The third-order valence-electron chi connectivity index (χ3n) is 4.89. The molecule has 20 heavy (non-hydrogen) atoms. The van der Waals surface area contributed by atoms with Crippen molar-refractivity contribution < 1.29 is 5.11 Å². The van der Waals surface area contributed by atoms with Gasteiger partial charge in [0.05, 0.1) is 6.61 Å². The average molecular weight is 284 g/mol. The first-order valence-corrected chi connectivity index (χ1v) is 8.69. The fourth-order valence-corrected chi connectivity index (χ4v) is 3.42. The minimum Gasteiger partial charge on any atom is -0.395 e. The first-order valence-electron chi connectivity index (χ1n) is 8.69. The average Bonchev–Trinajstić information content (AvgIpc) is 2.46. The second-order valence-electron chi connectivity index (χ2n) is 6.82. The van der Waals surface area contributed by atoms with Gasteiger partial charge in [-0.2, -0.15) is 0 Å². The molecule has 0 heterocycles. The molecule has 0 unspecified atom stereocenters. The molecule has 0 aromatic rings. The Morgan fingerprint density at radius 2 is 1.90 bits per heavy atom. The lowest BCUT2D eigenvalue weighted by Gasteiger charge is -2.43. The Bertz CT molecular complexity index is 232. The van der Waals surface area contributed by atoms with Gasteiger partial charge < -0.3 is 15.3 Å². The number of aliphatic hydroxyl groups is 1. The van der Waals surface area contributed by atoms with Crippen LogP contribution in [0, 0.1) is 11.3 Å². The first kappa shape index (κ1) is 17.9. The molecule has 1 rings (SSSR count). The standard InChI is InChI=1S/C17H36N2O/c1-4-6-11-19(12-13-20)15-17(14-18-5-2)9-7-16(3)8-10-17/h16,18,20H,4-15H2,1-3H3. The van der Waals surface area contributed by atoms with Gasteiger partial charge in [0.25, 0.3) is 0 Å². The van der Waals surface area contributed by atoms with Gasteiger partial charge in [0.1, 0.15) is 0 Å². The molecule has 0 aromatic carbocycles. The van der Waals surface area contributed by atoms with Crippen LogP contribution in [0.15, 0.2) is 0 Å². The van der Waals surface area contributed by atoms with Crippen LogP contribution < -0.4 is 5.32 Å². The van der Waals surface area contributed by atoms with Crippen LogP contribution in [0.25, 0.3) is 0 Å². The van der Waals surface area contributed by atoms with Gasteiger partial charge in [-0.05, 0) is 43.7 Å². The van der Waals surface area contributed by atoms with Crippen molar-refractivity contribution in [2.24, 2.45) is 11.3 Å². The van der Waals surface area contributed by atoms with Crippen molar-refractivity contribution in [3.63, 3.8) is 0 Å². The SMILES string of the molecule is CCCCN(CCO)CC1(CNCC)CCC(C)CC1. The van der Waals surface area contributed by atoms with E-state index in [1.54, 1.807) is 0 Å². The third-order valence-corrected chi connectivity index (χ3v) is 4.89. The second kappa shape index (κ2) is 9.75. The minimum absolute atomic E-state index is 0.289. The van der Waals surface area contributed by atoms with Gasteiger partial charge in [0, 0.05) is 19.6 Å². The monoisotopic (exact) mass is 284 g/mol. The Balaban J connectivity index is 2.60. The van der Waals surface area contributed by atoms with Crippen LogP contribution in [-0.4, -0.2) is 49.3 Å². The van der Waals surface area contributed by atoms with Crippen LogP contribution in [0.2, 0.25) is 0 Å². The van der Waals surface area contributed by atoms with E-state index in [0.717, 1.165) is 38.6 Å². The lowest BCUT2D eigenvalue weighted by molar-refractivity contribution is 0.0754. The summed E-state index contributed by atoms with van der Waals surface area (Å²) in [5.74, 6) is 0.895. The number of aliphatic hydroxyl groups excluding tert-OH is 1. The zero-order chi connectivity index (χ0) is 14.8. The molecule has 3 heteroatoms. The maximum atomic E-state index is 9.31. The highest BCUT2D eigenvalue weighted by molar-refractivity contribution is 4.89. The molecular formula is C17H36N2O. The summed E-state index contributed by atoms with van der Waals surface area (Å²) in [6, 6.07) is 0. The van der Waals surface area contributed by atoms with E-state index in [1.165, 1.54) is 38.5 Å². The maximum absolute atomic E-state index is 9.31. The molecule has 0 aromatic heterocycles. The largest absolute Gasteiger partial charge is 0.395 e. The van der Waals surface area contributed by atoms with Crippen LogP contribution in [0.4, 0.5) is 0 Å². The lowest BCUT2D eigenvalue weighted by atomic mass is 9.70. The van der Waals surface area contributed by atoms with E-state index in [9.17, 15) is 5.11 Å². The molecule has 0 saturated heterocycles. The Morgan fingerprint density at radius 1 is 1.20 bits per heavy atom. The quantitative estimate of drug-likeness (QED) is 0.647. The molecule has 3 nitrogen and oxygen atoms in total. The lowest BCUT2D eigenvalue weighted by Crippen LogP contribution is -2.47. The van der Waals surface area contributed by atoms with Crippen molar-refractivity contribution in [3.8, 4) is 0 Å². The van der Waals surface area contributed by atoms with Crippen LogP contribution in [0.5, 0.6) is 0 Å². The molecular weight excluding hydrogens is 248 g/mol. The van der Waals surface area contributed by atoms with Crippen molar-refractivity contribution in [1.82, 2.24) is 10.2 Å². The zero-order valence-corrected chi connectivity index (χ0v) is 14.0. The van der Waals surface area contributed by atoms with Gasteiger partial charge in [0.2, 0.25) is 0 Å². The maximum Gasteiger partial charge on any atom is 0.0558 e. The van der Waals surface area contributed by atoms with Gasteiger partial charge in [-0.15, -0.1) is 0 Å². The first-order chi connectivity index (χ1) is 9.65. The van der Waals surface area contributed by atoms with Crippen molar-refractivity contribution in [2.75, 3.05) is 39.3 Å². The number of hydrogen-bond acceptors (Lipinski definition) is 3. The third kappa shape index (κ3) is 6.11. The fourth-order valence-electron chi connectivity index (χ4n) is 3.42. The molecule has 0 aliphatic heterocycles. The van der Waals surface area contributed by atoms with E-state index < -0.39 is 0 Å². The zero-order valence-electron chi connectivity index (χ0n) is 14.0. The van der Waals surface area contributed by atoms with Crippen LogP contribution >= 0.6 is 0 Å². The van der Waals surface area contributed by atoms with E-state index in [4.69, 9.17) is 0 Å². The summed E-state index contributed by atoms with van der Waals surface area (Å²) in [6.07, 6.45) is 7.90. The summed E-state index contributed by atoms with van der Waals surface area (Å²) in [4.78, 5) is 2.50. The van der Waals surface area contributed by atoms with E-state index in [1.807, 2.05) is 0 Å². The smallest absolute Gasteiger partial charge is 0.0558 e. The number of rotatable bonds is 10. The Kier molecular flexibility index (Phi) is 8.74. The molecule has 0 bridgehead atoms. The molecule has 0 spiro atoms. The van der Waals surface area contributed by atoms with Crippen LogP contribution in [0.1, 0.15) is 59.3 Å². The molecule has 0 radical (unpaired) electrons. The van der Waals surface area contributed by atoms with Crippen molar-refractivity contribution >= 4 is 0 Å². The summed E-state index contributed by atoms with van der Waals surface area (Å²) >= 11 is 0. The molecule has 1 fully saturated rings. The highest BCUT2D eigenvalue weighted by Crippen LogP contribution is 2.39. The predicted octanol–water partition coefficient (Wildman–Crippen LogP) is 2.89. The number of nitrogens with one attached hydrogen (secondary N) is 1. The van der Waals surface area contributed by atoms with Crippen LogP contribution in [-0.2, 0) is 0 Å². The predicted molar refractivity (Wildman–Crippen MR) is 87.0 cm³/mol. The van der Waals surface area contributed by atoms with Gasteiger partial charge >= 0.3 is 0 Å². The van der Waals surface area contributed by atoms with Crippen LogP contribution in [0.3, 0.4) is 0 Å². The molecule has 2 N–H and O–H groups in total. The van der Waals surface area contributed by atoms with Crippen molar-refractivity contribution in [2.45, 2.75) is 59.3 Å². The Morgan fingerprint density at radius 3 is 2.45 bits per heavy atom. The van der Waals surface area contributed by atoms with E-state index in [2.05, 4.69) is 31.0 Å². The summed E-state index contributed by atoms with van der Waals surface area (Å²) in [5.41, 5.74) is 0.436. The summed E-state index contributed by atoms with van der Waals surface area (Å²) in [5, 5.41) is 12.9. The van der Waals surface area contributed by atoms with Crippen molar-refractivity contribution in [3.05, 3.63) is 0 Å². The topological polar surface area (TPSA) is 35.5 Å². The summed E-state index contributed by atoms with van der Waals surface area (Å²) < 4.78 is 0. The van der Waals surface area contributed by atoms with E-state index in [-0.39, 0.29) is 6.61 Å². The van der Waals surface area contributed by atoms with Gasteiger partial charge in [-0.3, -0.25) is 0 Å². The van der Waals surface area contributed by atoms with Gasteiger partial charge in [-0.1, -0.05) is 40.0 Å². The molecule has 1 aliphatic rings. The van der Waals surface area contributed by atoms with E-state index in [0.29, 0.717) is 5.41 Å². The molecule has 0 amide bonds. The molecule has 0 atom stereocenters. The van der Waals surface area contributed by atoms with E-state index >= 15 is 0 Å². The second-order valence-corrected chi connectivity index (χ2v) is 6.82. The Hall–Kier alpha value is -0.120. The van der Waals surface area contributed by atoms with Gasteiger partial charge in [0.15, 0.2) is 0 Å². The highest BCUT2D eigenvalue weighted by Gasteiger charge is 2.35.